The first kappa shape index (κ1) is 13.6. The molecule has 0 spiro atoms. The summed E-state index contributed by atoms with van der Waals surface area (Å²) >= 11 is 0. The van der Waals surface area contributed by atoms with E-state index in [0.717, 1.165) is 37.0 Å². The molecule has 0 aliphatic heterocycles. The van der Waals surface area contributed by atoms with Crippen molar-refractivity contribution >= 4 is 11.6 Å². The van der Waals surface area contributed by atoms with Crippen LogP contribution in [-0.4, -0.2) is 21.8 Å². The van der Waals surface area contributed by atoms with Crippen molar-refractivity contribution in [2.45, 2.75) is 39.0 Å². The second-order valence-electron chi connectivity index (χ2n) is 4.76. The molecule has 19 heavy (non-hydrogen) atoms. The van der Waals surface area contributed by atoms with Crippen molar-refractivity contribution in [3.8, 4) is 0 Å². The molecule has 2 aromatic heterocycles. The fourth-order valence-electron chi connectivity index (χ4n) is 2.06. The van der Waals surface area contributed by atoms with Gasteiger partial charge in [0.1, 0.15) is 5.65 Å². The summed E-state index contributed by atoms with van der Waals surface area (Å²) in [7, 11) is 0. The topological polar surface area (TPSA) is 46.4 Å². The zero-order chi connectivity index (χ0) is 13.5. The monoisotopic (exact) mass is 259 g/mol. The Hall–Kier alpha value is -1.84. The number of nitrogens with one attached hydrogen (secondary N) is 1. The molecule has 1 amide bonds. The maximum absolute atomic E-state index is 11.5. The Morgan fingerprint density at radius 2 is 2.26 bits per heavy atom. The Balaban J connectivity index is 1.74. The summed E-state index contributed by atoms with van der Waals surface area (Å²) in [6.45, 7) is 2.80. The molecule has 4 nitrogen and oxygen atoms in total. The van der Waals surface area contributed by atoms with Crippen LogP contribution in [0.15, 0.2) is 30.6 Å². The smallest absolute Gasteiger partial charge is 0.220 e. The number of nitrogens with zero attached hydrogens (tertiary/aromatic N) is 2. The Bertz CT molecular complexity index is 500. The molecule has 2 rings (SSSR count). The Labute approximate surface area is 113 Å². The van der Waals surface area contributed by atoms with Crippen molar-refractivity contribution in [3.05, 3.63) is 36.3 Å². The minimum absolute atomic E-state index is 0.150. The third-order valence-electron chi connectivity index (χ3n) is 3.12. The van der Waals surface area contributed by atoms with Gasteiger partial charge < -0.3 is 9.72 Å². The number of amides is 1. The average Bonchev–Trinajstić information content (AvgIpc) is 2.81. The normalized spacial score (nSPS) is 10.8. The van der Waals surface area contributed by atoms with Gasteiger partial charge in [-0.25, -0.2) is 4.98 Å². The lowest BCUT2D eigenvalue weighted by atomic mass is 10.2. The maximum Gasteiger partial charge on any atom is 0.220 e. The number of rotatable bonds is 7. The highest BCUT2D eigenvalue weighted by molar-refractivity contribution is 5.75. The van der Waals surface area contributed by atoms with Gasteiger partial charge in [0.2, 0.25) is 5.91 Å². The van der Waals surface area contributed by atoms with Crippen molar-refractivity contribution < 1.29 is 4.79 Å². The molecule has 0 atom stereocenters. The molecule has 0 unspecified atom stereocenters. The van der Waals surface area contributed by atoms with Crippen molar-refractivity contribution in [1.82, 2.24) is 14.7 Å². The summed E-state index contributed by atoms with van der Waals surface area (Å²) < 4.78 is 2.00. The first-order valence-corrected chi connectivity index (χ1v) is 6.99. The van der Waals surface area contributed by atoms with E-state index in [1.807, 2.05) is 35.0 Å². The highest BCUT2D eigenvalue weighted by atomic mass is 16.1. The van der Waals surface area contributed by atoms with Gasteiger partial charge in [-0.15, -0.1) is 0 Å². The molecule has 0 aliphatic rings. The van der Waals surface area contributed by atoms with E-state index < -0.39 is 0 Å². The van der Waals surface area contributed by atoms with Crippen LogP contribution in [0.5, 0.6) is 0 Å². The molecule has 2 heterocycles. The highest BCUT2D eigenvalue weighted by Crippen LogP contribution is 2.04. The fraction of sp³-hybridized carbons (Fsp3) is 0.467. The lowest BCUT2D eigenvalue weighted by Crippen LogP contribution is -2.25. The predicted octanol–water partition coefficient (Wildman–Crippen LogP) is 2.57. The molecule has 102 valence electrons. The van der Waals surface area contributed by atoms with Gasteiger partial charge in [0.15, 0.2) is 0 Å². The first-order valence-electron chi connectivity index (χ1n) is 6.99. The summed E-state index contributed by atoms with van der Waals surface area (Å²) in [4.78, 5) is 16.0. The highest BCUT2D eigenvalue weighted by Gasteiger charge is 2.03. The van der Waals surface area contributed by atoms with Gasteiger partial charge in [0.25, 0.3) is 0 Å². The van der Waals surface area contributed by atoms with E-state index >= 15 is 0 Å². The second kappa shape index (κ2) is 6.92. The number of aromatic nitrogens is 2. The van der Waals surface area contributed by atoms with Crippen LogP contribution >= 0.6 is 0 Å². The van der Waals surface area contributed by atoms with E-state index in [2.05, 4.69) is 17.2 Å². The largest absolute Gasteiger partial charge is 0.356 e. The molecule has 0 fully saturated rings. The summed E-state index contributed by atoms with van der Waals surface area (Å²) in [5.41, 5.74) is 1.96. The van der Waals surface area contributed by atoms with Crippen molar-refractivity contribution in [3.63, 3.8) is 0 Å². The molecule has 0 bridgehead atoms. The summed E-state index contributed by atoms with van der Waals surface area (Å²) in [5.74, 6) is 0.150. The third kappa shape index (κ3) is 4.09. The van der Waals surface area contributed by atoms with E-state index in [0.29, 0.717) is 13.0 Å². The van der Waals surface area contributed by atoms with Crippen LogP contribution in [0.1, 0.15) is 38.3 Å². The quantitative estimate of drug-likeness (QED) is 0.777. The minimum atomic E-state index is 0.150. The molecular formula is C15H21N3O. The van der Waals surface area contributed by atoms with Crippen LogP contribution in [0.4, 0.5) is 0 Å². The Kier molecular flexibility index (Phi) is 4.95. The van der Waals surface area contributed by atoms with Gasteiger partial charge in [-0.1, -0.05) is 25.8 Å². The summed E-state index contributed by atoms with van der Waals surface area (Å²) in [6, 6.07) is 5.93. The van der Waals surface area contributed by atoms with Gasteiger partial charge in [-0.3, -0.25) is 4.79 Å². The molecule has 1 N–H and O–H groups in total. The van der Waals surface area contributed by atoms with E-state index in [9.17, 15) is 4.79 Å². The molecule has 0 aliphatic carbocycles. The third-order valence-corrected chi connectivity index (χ3v) is 3.12. The van der Waals surface area contributed by atoms with Crippen molar-refractivity contribution in [2.75, 3.05) is 6.54 Å². The molecule has 0 radical (unpaired) electrons. The van der Waals surface area contributed by atoms with Crippen LogP contribution < -0.4 is 5.32 Å². The lowest BCUT2D eigenvalue weighted by Gasteiger charge is -2.03. The predicted molar refractivity (Wildman–Crippen MR) is 76.0 cm³/mol. The number of hydrogen-bond donors (Lipinski definition) is 1. The maximum atomic E-state index is 11.5. The second-order valence-corrected chi connectivity index (χ2v) is 4.76. The molecule has 2 aromatic rings. The number of carbonyl (C=O) groups is 1. The zero-order valence-electron chi connectivity index (χ0n) is 11.4. The van der Waals surface area contributed by atoms with Gasteiger partial charge >= 0.3 is 0 Å². The van der Waals surface area contributed by atoms with E-state index in [1.165, 1.54) is 0 Å². The van der Waals surface area contributed by atoms with Crippen LogP contribution in [0, 0.1) is 0 Å². The summed E-state index contributed by atoms with van der Waals surface area (Å²) in [5, 5.41) is 2.95. The average molecular weight is 259 g/mol. The van der Waals surface area contributed by atoms with E-state index in [1.54, 1.807) is 0 Å². The zero-order valence-corrected chi connectivity index (χ0v) is 11.4. The Morgan fingerprint density at radius 1 is 1.37 bits per heavy atom. The van der Waals surface area contributed by atoms with Crippen LogP contribution in [0.25, 0.3) is 5.65 Å². The van der Waals surface area contributed by atoms with Crippen molar-refractivity contribution in [1.29, 1.82) is 0 Å². The Morgan fingerprint density at radius 3 is 3.05 bits per heavy atom. The van der Waals surface area contributed by atoms with Gasteiger partial charge in [0.05, 0.1) is 5.69 Å². The van der Waals surface area contributed by atoms with Crippen LogP contribution in [-0.2, 0) is 11.2 Å². The first-order chi connectivity index (χ1) is 9.29. The number of unbranched alkanes of at least 4 members (excludes halogenated alkanes) is 2. The molecule has 0 aromatic carbocycles. The minimum Gasteiger partial charge on any atom is -0.356 e. The number of carbonyl (C=O) groups excluding carboxylic acids is 1. The van der Waals surface area contributed by atoms with Gasteiger partial charge in [-0.2, -0.15) is 0 Å². The number of fused-ring (bicyclic) bond motifs is 1. The number of imidazole rings is 1. The molecule has 0 saturated carbocycles. The van der Waals surface area contributed by atoms with Gasteiger partial charge in [-0.05, 0) is 18.6 Å². The number of hydrogen-bond acceptors (Lipinski definition) is 2. The van der Waals surface area contributed by atoms with E-state index in [-0.39, 0.29) is 5.91 Å². The van der Waals surface area contributed by atoms with Crippen molar-refractivity contribution in [2.24, 2.45) is 0 Å². The molecular weight excluding hydrogens is 238 g/mol. The molecule has 0 saturated heterocycles. The van der Waals surface area contributed by atoms with Crippen LogP contribution in [0.2, 0.25) is 0 Å². The fourth-order valence-corrected chi connectivity index (χ4v) is 2.06. The number of pyridine rings is 1. The lowest BCUT2D eigenvalue weighted by molar-refractivity contribution is -0.121. The SMILES string of the molecule is CCCCCC(=O)NCCc1cn2ccccc2n1. The van der Waals surface area contributed by atoms with Crippen LogP contribution in [0.3, 0.4) is 0 Å². The van der Waals surface area contributed by atoms with Gasteiger partial charge in [0, 0.05) is 31.8 Å². The summed E-state index contributed by atoms with van der Waals surface area (Å²) in [6.07, 6.45) is 8.67. The standard InChI is InChI=1S/C15H21N3O/c1-2-3-4-8-15(19)16-10-9-13-12-18-11-6-5-7-14(18)17-13/h5-7,11-12H,2-4,8-10H2,1H3,(H,16,19). The van der Waals surface area contributed by atoms with E-state index in [4.69, 9.17) is 0 Å². The molecule has 4 heteroatoms.